The molecule has 0 saturated carbocycles. The molecule has 118 valence electrons. The molecule has 3 rings (SSSR count). The Morgan fingerprint density at radius 3 is 3.00 bits per heavy atom. The highest BCUT2D eigenvalue weighted by molar-refractivity contribution is 5.94. The Hall–Kier alpha value is -1.98. The zero-order chi connectivity index (χ0) is 14.8. The Morgan fingerprint density at radius 1 is 1.50 bits per heavy atom. The summed E-state index contributed by atoms with van der Waals surface area (Å²) in [7, 11) is 1.67. The van der Waals surface area contributed by atoms with E-state index in [9.17, 15) is 4.79 Å². The number of methoxy groups -OCH3 is 1. The van der Waals surface area contributed by atoms with Crippen LogP contribution in [-0.4, -0.2) is 13.0 Å². The van der Waals surface area contributed by atoms with E-state index in [1.165, 1.54) is 11.8 Å². The van der Waals surface area contributed by atoms with Gasteiger partial charge in [0.05, 0.1) is 25.3 Å². The molecule has 0 radical (unpaired) electrons. The summed E-state index contributed by atoms with van der Waals surface area (Å²) in [5.74, 6) is 1.35. The van der Waals surface area contributed by atoms with Gasteiger partial charge in [0.15, 0.2) is 0 Å². The number of carbonyl (C=O) groups is 1. The molecule has 0 bridgehead atoms. The Bertz CT molecular complexity index is 669. The van der Waals surface area contributed by atoms with Crippen LogP contribution in [0.5, 0.6) is 5.75 Å². The van der Waals surface area contributed by atoms with Crippen LogP contribution in [0.1, 0.15) is 39.7 Å². The van der Waals surface area contributed by atoms with Crippen molar-refractivity contribution in [2.75, 3.05) is 7.11 Å². The Labute approximate surface area is 135 Å². The van der Waals surface area contributed by atoms with E-state index in [-0.39, 0.29) is 30.9 Å². The molecule has 0 aliphatic heterocycles. The third-order valence-corrected chi connectivity index (χ3v) is 3.87. The molecule has 0 fully saturated rings. The van der Waals surface area contributed by atoms with Gasteiger partial charge in [0.1, 0.15) is 17.8 Å². The summed E-state index contributed by atoms with van der Waals surface area (Å²) in [6.07, 6.45) is 3.23. The van der Waals surface area contributed by atoms with Gasteiger partial charge < -0.3 is 20.2 Å². The highest BCUT2D eigenvalue weighted by Crippen LogP contribution is 2.36. The van der Waals surface area contributed by atoms with Gasteiger partial charge in [0.2, 0.25) is 0 Å². The van der Waals surface area contributed by atoms with E-state index in [4.69, 9.17) is 14.9 Å². The number of benzene rings is 1. The van der Waals surface area contributed by atoms with Gasteiger partial charge in [-0.2, -0.15) is 0 Å². The van der Waals surface area contributed by atoms with E-state index in [1.807, 2.05) is 18.2 Å². The lowest BCUT2D eigenvalue weighted by atomic mass is 10.1. The quantitative estimate of drug-likeness (QED) is 0.907. The number of ether oxygens (including phenoxy) is 1. The van der Waals surface area contributed by atoms with E-state index in [0.29, 0.717) is 11.3 Å². The van der Waals surface area contributed by atoms with Crippen molar-refractivity contribution in [3.05, 3.63) is 53.0 Å². The third-order valence-electron chi connectivity index (χ3n) is 3.87. The zero-order valence-corrected chi connectivity index (χ0v) is 13.1. The van der Waals surface area contributed by atoms with Crippen LogP contribution in [0.3, 0.4) is 0 Å². The lowest BCUT2D eigenvalue weighted by molar-refractivity contribution is 0.0936. The van der Waals surface area contributed by atoms with Crippen LogP contribution in [-0.2, 0) is 13.0 Å². The SMILES string of the molecule is COc1cccc2c1CCC2NC(=O)c1coc(CN)c1.Cl. The average molecular weight is 323 g/mol. The maximum absolute atomic E-state index is 12.3. The molecular formula is C16H19ClN2O3. The summed E-state index contributed by atoms with van der Waals surface area (Å²) in [6.45, 7) is 0.288. The Kier molecular flexibility index (Phi) is 5.11. The van der Waals surface area contributed by atoms with E-state index in [1.54, 1.807) is 13.2 Å². The normalized spacial score (nSPS) is 15.8. The number of fused-ring (bicyclic) bond motifs is 1. The molecule has 2 aromatic rings. The highest BCUT2D eigenvalue weighted by Gasteiger charge is 2.26. The molecule has 1 aliphatic rings. The molecule has 5 nitrogen and oxygen atoms in total. The number of halogens is 1. The summed E-state index contributed by atoms with van der Waals surface area (Å²) in [5, 5.41) is 3.04. The molecule has 3 N–H and O–H groups in total. The maximum Gasteiger partial charge on any atom is 0.255 e. The molecule has 1 aromatic carbocycles. The molecule has 6 heteroatoms. The number of hydrogen-bond acceptors (Lipinski definition) is 4. The molecule has 1 amide bonds. The second kappa shape index (κ2) is 6.85. The summed E-state index contributed by atoms with van der Waals surface area (Å²) in [4.78, 5) is 12.3. The first-order valence-electron chi connectivity index (χ1n) is 6.97. The lowest BCUT2D eigenvalue weighted by Gasteiger charge is -2.14. The minimum atomic E-state index is -0.140. The lowest BCUT2D eigenvalue weighted by Crippen LogP contribution is -2.26. The largest absolute Gasteiger partial charge is 0.496 e. The first kappa shape index (κ1) is 16.4. The Balaban J connectivity index is 0.00000176. The van der Waals surface area contributed by atoms with E-state index < -0.39 is 0 Å². The van der Waals surface area contributed by atoms with Gasteiger partial charge in [-0.15, -0.1) is 12.4 Å². The maximum atomic E-state index is 12.3. The number of nitrogens with one attached hydrogen (secondary N) is 1. The molecule has 0 spiro atoms. The fourth-order valence-electron chi connectivity index (χ4n) is 2.81. The summed E-state index contributed by atoms with van der Waals surface area (Å²) in [6, 6.07) is 7.63. The van der Waals surface area contributed by atoms with Gasteiger partial charge in [-0.05, 0) is 36.1 Å². The standard InChI is InChI=1S/C16H18N2O3.ClH/c1-20-15-4-2-3-12-13(15)5-6-14(12)18-16(19)10-7-11(8-17)21-9-10;/h2-4,7,9,14H,5-6,8,17H2,1H3,(H,18,19);1H. The number of rotatable bonds is 4. The average Bonchev–Trinajstić information content (AvgIpc) is 3.14. The smallest absolute Gasteiger partial charge is 0.255 e. The van der Waals surface area contributed by atoms with Gasteiger partial charge >= 0.3 is 0 Å². The second-order valence-corrected chi connectivity index (χ2v) is 5.10. The van der Waals surface area contributed by atoms with Crippen LogP contribution in [0.25, 0.3) is 0 Å². The van der Waals surface area contributed by atoms with Gasteiger partial charge in [0, 0.05) is 0 Å². The molecular weight excluding hydrogens is 304 g/mol. The van der Waals surface area contributed by atoms with Gasteiger partial charge in [0.25, 0.3) is 5.91 Å². The van der Waals surface area contributed by atoms with Crippen molar-refractivity contribution in [1.29, 1.82) is 0 Å². The predicted octanol–water partition coefficient (Wildman–Crippen LogP) is 2.59. The topological polar surface area (TPSA) is 77.5 Å². The van der Waals surface area contributed by atoms with Crippen LogP contribution < -0.4 is 15.8 Å². The molecule has 0 saturated heterocycles. The van der Waals surface area contributed by atoms with Crippen molar-refractivity contribution in [3.63, 3.8) is 0 Å². The van der Waals surface area contributed by atoms with Crippen LogP contribution in [0.4, 0.5) is 0 Å². The summed E-state index contributed by atoms with van der Waals surface area (Å²) in [5.41, 5.74) is 8.30. The number of nitrogens with two attached hydrogens (primary N) is 1. The molecule has 1 heterocycles. The van der Waals surface area contributed by atoms with Gasteiger partial charge in [-0.25, -0.2) is 0 Å². The monoisotopic (exact) mass is 322 g/mol. The van der Waals surface area contributed by atoms with Gasteiger partial charge in [-0.3, -0.25) is 4.79 Å². The van der Waals surface area contributed by atoms with E-state index in [2.05, 4.69) is 5.32 Å². The fraction of sp³-hybridized carbons (Fsp3) is 0.312. The first-order chi connectivity index (χ1) is 10.2. The first-order valence-corrected chi connectivity index (χ1v) is 6.97. The molecule has 1 aliphatic carbocycles. The number of furan rings is 1. The predicted molar refractivity (Wildman–Crippen MR) is 85.4 cm³/mol. The van der Waals surface area contributed by atoms with Crippen molar-refractivity contribution >= 4 is 18.3 Å². The van der Waals surface area contributed by atoms with Crippen LogP contribution >= 0.6 is 12.4 Å². The Morgan fingerprint density at radius 2 is 2.32 bits per heavy atom. The van der Waals surface area contributed by atoms with E-state index in [0.717, 1.165) is 24.2 Å². The molecule has 22 heavy (non-hydrogen) atoms. The van der Waals surface area contributed by atoms with E-state index >= 15 is 0 Å². The summed E-state index contributed by atoms with van der Waals surface area (Å²) < 4.78 is 10.6. The number of hydrogen-bond donors (Lipinski definition) is 2. The van der Waals surface area contributed by atoms with Crippen molar-refractivity contribution in [2.24, 2.45) is 5.73 Å². The van der Waals surface area contributed by atoms with Crippen molar-refractivity contribution < 1.29 is 13.9 Å². The van der Waals surface area contributed by atoms with Crippen molar-refractivity contribution in [1.82, 2.24) is 5.32 Å². The fourth-order valence-corrected chi connectivity index (χ4v) is 2.81. The van der Waals surface area contributed by atoms with Gasteiger partial charge in [-0.1, -0.05) is 12.1 Å². The second-order valence-electron chi connectivity index (χ2n) is 5.10. The molecule has 1 aromatic heterocycles. The van der Waals surface area contributed by atoms with Crippen LogP contribution in [0.2, 0.25) is 0 Å². The molecule has 1 unspecified atom stereocenters. The minimum absolute atomic E-state index is 0. The van der Waals surface area contributed by atoms with Crippen molar-refractivity contribution in [2.45, 2.75) is 25.4 Å². The minimum Gasteiger partial charge on any atom is -0.496 e. The summed E-state index contributed by atoms with van der Waals surface area (Å²) >= 11 is 0. The van der Waals surface area contributed by atoms with Crippen molar-refractivity contribution in [3.8, 4) is 5.75 Å². The third kappa shape index (κ3) is 2.96. The van der Waals surface area contributed by atoms with Crippen LogP contribution in [0.15, 0.2) is 34.9 Å². The highest BCUT2D eigenvalue weighted by atomic mass is 35.5. The van der Waals surface area contributed by atoms with Crippen LogP contribution in [0, 0.1) is 0 Å². The zero-order valence-electron chi connectivity index (χ0n) is 12.3. The molecule has 1 atom stereocenters. The number of amides is 1. The number of carbonyl (C=O) groups excluding carboxylic acids is 1.